The summed E-state index contributed by atoms with van der Waals surface area (Å²) in [6.45, 7) is 3.14. The summed E-state index contributed by atoms with van der Waals surface area (Å²) in [4.78, 5) is 17.7. The Morgan fingerprint density at radius 2 is 1.94 bits per heavy atom. The van der Waals surface area contributed by atoms with Crippen molar-refractivity contribution in [3.63, 3.8) is 0 Å². The van der Waals surface area contributed by atoms with Crippen molar-refractivity contribution in [2.45, 2.75) is 24.7 Å². The molecule has 0 unspecified atom stereocenters. The minimum atomic E-state index is -3.55. The SMILES string of the molecule is COc1ccc2c(c1)sc(=NC(=O)c1ccc(S(=O)(=O)N3CCC[C@@H](C)C3)cc1)n2C. The fraction of sp³-hybridized carbons (Fsp3) is 0.364. The number of hydrogen-bond acceptors (Lipinski definition) is 5. The number of methoxy groups -OCH3 is 1. The van der Waals surface area contributed by atoms with Gasteiger partial charge in [-0.25, -0.2) is 8.42 Å². The van der Waals surface area contributed by atoms with Gasteiger partial charge in [0.25, 0.3) is 5.91 Å². The van der Waals surface area contributed by atoms with Crippen molar-refractivity contribution in [3.8, 4) is 5.75 Å². The minimum absolute atomic E-state index is 0.206. The van der Waals surface area contributed by atoms with Crippen molar-refractivity contribution in [1.29, 1.82) is 0 Å². The Morgan fingerprint density at radius 1 is 1.19 bits per heavy atom. The molecule has 3 aromatic rings. The number of hydrogen-bond donors (Lipinski definition) is 0. The van der Waals surface area contributed by atoms with Crippen LogP contribution in [0.25, 0.3) is 10.2 Å². The van der Waals surface area contributed by atoms with Crippen molar-refractivity contribution < 1.29 is 17.9 Å². The molecule has 1 amide bonds. The van der Waals surface area contributed by atoms with E-state index in [0.29, 0.717) is 29.4 Å². The Labute approximate surface area is 185 Å². The molecule has 4 rings (SSSR count). The molecule has 1 saturated heterocycles. The second-order valence-corrected chi connectivity index (χ2v) is 10.8. The molecule has 0 radical (unpaired) electrons. The topological polar surface area (TPSA) is 81.0 Å². The predicted molar refractivity (Wildman–Crippen MR) is 121 cm³/mol. The van der Waals surface area contributed by atoms with Crippen LogP contribution >= 0.6 is 11.3 Å². The highest BCUT2D eigenvalue weighted by Crippen LogP contribution is 2.24. The predicted octanol–water partition coefficient (Wildman–Crippen LogP) is 3.41. The van der Waals surface area contributed by atoms with Gasteiger partial charge in [0.05, 0.1) is 22.2 Å². The molecule has 0 spiro atoms. The van der Waals surface area contributed by atoms with E-state index in [9.17, 15) is 13.2 Å². The average molecular weight is 460 g/mol. The standard InChI is InChI=1S/C22H25N3O4S2/c1-15-5-4-12-25(14-15)31(27,28)18-9-6-16(7-10-18)21(26)23-22-24(2)19-11-8-17(29-3)13-20(19)30-22/h6-11,13,15H,4-5,12,14H2,1-3H3/t15-/m1/s1. The molecule has 2 aromatic carbocycles. The quantitative estimate of drug-likeness (QED) is 0.599. The zero-order chi connectivity index (χ0) is 22.2. The van der Waals surface area contributed by atoms with Crippen molar-refractivity contribution in [1.82, 2.24) is 8.87 Å². The number of sulfonamides is 1. The third-order valence-electron chi connectivity index (χ3n) is 5.57. The van der Waals surface area contributed by atoms with Gasteiger partial charge in [-0.05, 0) is 61.2 Å². The maximum atomic E-state index is 12.9. The molecule has 31 heavy (non-hydrogen) atoms. The summed E-state index contributed by atoms with van der Waals surface area (Å²) in [6.07, 6.45) is 1.91. The summed E-state index contributed by atoms with van der Waals surface area (Å²) in [6, 6.07) is 11.7. The van der Waals surface area contributed by atoms with E-state index in [4.69, 9.17) is 4.74 Å². The van der Waals surface area contributed by atoms with Gasteiger partial charge in [-0.3, -0.25) is 4.79 Å². The molecule has 9 heteroatoms. The Bertz CT molecular complexity index is 1290. The third kappa shape index (κ3) is 4.30. The highest BCUT2D eigenvalue weighted by atomic mass is 32.2. The van der Waals surface area contributed by atoms with Gasteiger partial charge in [0.15, 0.2) is 4.80 Å². The number of nitrogens with zero attached hydrogens (tertiary/aromatic N) is 3. The highest BCUT2D eigenvalue weighted by Gasteiger charge is 2.28. The average Bonchev–Trinajstić information content (AvgIpc) is 3.08. The van der Waals surface area contributed by atoms with E-state index in [-0.39, 0.29) is 4.90 Å². The number of carbonyl (C=O) groups is 1. The van der Waals surface area contributed by atoms with E-state index in [2.05, 4.69) is 11.9 Å². The van der Waals surface area contributed by atoms with Gasteiger partial charge in [-0.15, -0.1) is 0 Å². The van der Waals surface area contributed by atoms with Gasteiger partial charge < -0.3 is 9.30 Å². The van der Waals surface area contributed by atoms with Crippen molar-refractivity contribution in [3.05, 3.63) is 52.8 Å². The second-order valence-electron chi connectivity index (χ2n) is 7.83. The fourth-order valence-corrected chi connectivity index (χ4v) is 6.43. The first kappa shape index (κ1) is 21.7. The number of benzene rings is 2. The summed E-state index contributed by atoms with van der Waals surface area (Å²) in [5.74, 6) is 0.682. The first-order valence-corrected chi connectivity index (χ1v) is 12.4. The summed E-state index contributed by atoms with van der Waals surface area (Å²) in [7, 11) is -0.0852. The lowest BCUT2D eigenvalue weighted by Crippen LogP contribution is -2.39. The third-order valence-corrected chi connectivity index (χ3v) is 8.55. The van der Waals surface area contributed by atoms with Gasteiger partial charge in [0.1, 0.15) is 5.75 Å². The van der Waals surface area contributed by atoms with Crippen LogP contribution in [-0.4, -0.2) is 43.4 Å². The second kappa shape index (κ2) is 8.57. The zero-order valence-electron chi connectivity index (χ0n) is 17.7. The lowest BCUT2D eigenvalue weighted by molar-refractivity contribution is 0.0998. The molecule has 2 heterocycles. The summed E-state index contributed by atoms with van der Waals surface area (Å²) < 4.78 is 35.4. The monoisotopic (exact) mass is 459 g/mol. The van der Waals surface area contributed by atoms with Crippen LogP contribution < -0.4 is 9.54 Å². The van der Waals surface area contributed by atoms with Crippen molar-refractivity contribution in [2.75, 3.05) is 20.2 Å². The lowest BCUT2D eigenvalue weighted by atomic mass is 10.0. The highest BCUT2D eigenvalue weighted by molar-refractivity contribution is 7.89. The van der Waals surface area contributed by atoms with Crippen molar-refractivity contribution in [2.24, 2.45) is 18.0 Å². The lowest BCUT2D eigenvalue weighted by Gasteiger charge is -2.30. The maximum absolute atomic E-state index is 12.9. The zero-order valence-corrected chi connectivity index (χ0v) is 19.4. The van der Waals surface area contributed by atoms with E-state index in [1.54, 1.807) is 7.11 Å². The van der Waals surface area contributed by atoms with Crippen LogP contribution in [0.1, 0.15) is 30.1 Å². The number of piperidine rings is 1. The normalized spacial score (nSPS) is 18.4. The van der Waals surface area contributed by atoms with Gasteiger partial charge >= 0.3 is 0 Å². The maximum Gasteiger partial charge on any atom is 0.279 e. The summed E-state index contributed by atoms with van der Waals surface area (Å²) >= 11 is 1.40. The molecular formula is C22H25N3O4S2. The van der Waals surface area contributed by atoms with Crippen LogP contribution in [0.3, 0.4) is 0 Å². The van der Waals surface area contributed by atoms with Crippen LogP contribution in [0.15, 0.2) is 52.4 Å². The van der Waals surface area contributed by atoms with Crippen LogP contribution in [0, 0.1) is 5.92 Å². The van der Waals surface area contributed by atoms with Crippen LogP contribution in [0.4, 0.5) is 0 Å². The summed E-state index contributed by atoms with van der Waals surface area (Å²) in [5, 5.41) is 0. The summed E-state index contributed by atoms with van der Waals surface area (Å²) in [5.41, 5.74) is 1.30. The number of rotatable bonds is 4. The number of thiazole rings is 1. The number of aromatic nitrogens is 1. The van der Waals surface area contributed by atoms with Crippen LogP contribution in [0.5, 0.6) is 5.75 Å². The van der Waals surface area contributed by atoms with Gasteiger partial charge in [-0.2, -0.15) is 9.30 Å². The van der Waals surface area contributed by atoms with Gasteiger partial charge in [0, 0.05) is 25.7 Å². The molecule has 0 aliphatic carbocycles. The largest absolute Gasteiger partial charge is 0.497 e. The van der Waals surface area contributed by atoms with Crippen LogP contribution in [0.2, 0.25) is 0 Å². The number of ether oxygens (including phenoxy) is 1. The van der Waals surface area contributed by atoms with E-state index in [1.165, 1.54) is 39.9 Å². The molecule has 0 bridgehead atoms. The van der Waals surface area contributed by atoms with Crippen molar-refractivity contribution >= 4 is 37.5 Å². The van der Waals surface area contributed by atoms with Crippen LogP contribution in [-0.2, 0) is 17.1 Å². The fourth-order valence-electron chi connectivity index (χ4n) is 3.78. The molecule has 1 aliphatic rings. The number of amides is 1. The molecule has 164 valence electrons. The Morgan fingerprint density at radius 3 is 2.61 bits per heavy atom. The minimum Gasteiger partial charge on any atom is -0.497 e. The number of carbonyl (C=O) groups excluding carboxylic acids is 1. The Kier molecular flexibility index (Phi) is 6.00. The van der Waals surface area contributed by atoms with Gasteiger partial charge in [-0.1, -0.05) is 18.3 Å². The molecule has 7 nitrogen and oxygen atoms in total. The molecule has 1 aromatic heterocycles. The molecular weight excluding hydrogens is 434 g/mol. The smallest absolute Gasteiger partial charge is 0.279 e. The molecule has 1 fully saturated rings. The number of fused-ring (bicyclic) bond motifs is 1. The van der Waals surface area contributed by atoms with E-state index >= 15 is 0 Å². The van der Waals surface area contributed by atoms with E-state index < -0.39 is 15.9 Å². The van der Waals surface area contributed by atoms with Gasteiger partial charge in [0.2, 0.25) is 10.0 Å². The van der Waals surface area contributed by atoms with E-state index in [0.717, 1.165) is 28.8 Å². The Balaban J connectivity index is 1.60. The van der Waals surface area contributed by atoms with E-state index in [1.807, 2.05) is 29.8 Å². The molecule has 0 N–H and O–H groups in total. The first-order chi connectivity index (χ1) is 14.8. The first-order valence-electron chi connectivity index (χ1n) is 10.1. The Hall–Kier alpha value is -2.49. The molecule has 1 atom stereocenters. The number of aryl methyl sites for hydroxylation is 1. The molecule has 1 aliphatic heterocycles. The molecule has 0 saturated carbocycles.